The van der Waals surface area contributed by atoms with E-state index in [1.165, 1.54) is 11.6 Å². The molecule has 0 amide bonds. The molecule has 146 valence electrons. The third-order valence-electron chi connectivity index (χ3n) is 4.79. The molecule has 27 heavy (non-hydrogen) atoms. The van der Waals surface area contributed by atoms with Crippen LogP contribution in [0.3, 0.4) is 0 Å². The Morgan fingerprint density at radius 3 is 2.63 bits per heavy atom. The summed E-state index contributed by atoms with van der Waals surface area (Å²) in [5.74, 6) is 0.149. The second-order valence-corrected chi connectivity index (χ2v) is 8.07. The Labute approximate surface area is 159 Å². The molecule has 0 bridgehead atoms. The molecule has 1 atom stereocenters. The van der Waals surface area contributed by atoms with Crippen molar-refractivity contribution in [2.75, 3.05) is 6.61 Å². The Kier molecular flexibility index (Phi) is 5.45. The highest BCUT2D eigenvalue weighted by Crippen LogP contribution is 2.38. The predicted octanol–water partition coefficient (Wildman–Crippen LogP) is 4.83. The van der Waals surface area contributed by atoms with Crippen molar-refractivity contribution < 1.29 is 18.6 Å². The van der Waals surface area contributed by atoms with Gasteiger partial charge in [-0.15, -0.1) is 0 Å². The van der Waals surface area contributed by atoms with Gasteiger partial charge in [0.15, 0.2) is 5.79 Å². The van der Waals surface area contributed by atoms with E-state index in [0.717, 1.165) is 18.2 Å². The molecular weight excluding hydrogens is 344 g/mol. The maximum absolute atomic E-state index is 11.3. The molecule has 0 spiro atoms. The largest absolute Gasteiger partial charge is 0.489 e. The minimum atomic E-state index is -0.528. The van der Waals surface area contributed by atoms with Gasteiger partial charge in [0.1, 0.15) is 17.9 Å². The molecule has 3 rings (SSSR count). The molecule has 5 heteroatoms. The van der Waals surface area contributed by atoms with E-state index in [0.29, 0.717) is 17.9 Å². The highest BCUT2D eigenvalue weighted by Gasteiger charge is 2.46. The molecule has 2 heterocycles. The van der Waals surface area contributed by atoms with Crippen molar-refractivity contribution in [3.63, 3.8) is 0 Å². The normalized spacial score (nSPS) is 21.5. The molecule has 0 aliphatic carbocycles. The lowest BCUT2D eigenvalue weighted by molar-refractivity contribution is -0.157. The summed E-state index contributed by atoms with van der Waals surface area (Å²) >= 11 is 0. The topological polar surface area (TPSA) is 57.9 Å². The molecule has 0 radical (unpaired) electrons. The van der Waals surface area contributed by atoms with Crippen LogP contribution in [0.5, 0.6) is 5.75 Å². The molecule has 1 fully saturated rings. The van der Waals surface area contributed by atoms with Crippen LogP contribution in [-0.2, 0) is 9.47 Å². The van der Waals surface area contributed by atoms with Crippen LogP contribution in [-0.4, -0.2) is 24.1 Å². The van der Waals surface area contributed by atoms with Crippen LogP contribution in [0, 0.1) is 0 Å². The SMILES string of the molecule is C/C(=C\COc1ccc2ccc(=O)oc2c1)CC[C@H]1OC(C)(C)OC1(C)C. The molecule has 1 saturated heterocycles. The van der Waals surface area contributed by atoms with E-state index < -0.39 is 5.79 Å². The Balaban J connectivity index is 1.53. The van der Waals surface area contributed by atoms with Crippen molar-refractivity contribution in [1.82, 2.24) is 0 Å². The second kappa shape index (κ2) is 7.49. The standard InChI is InChI=1S/C22H28O5/c1-15(6-10-19-21(2,3)27-22(4,5)26-19)12-13-24-17-9-7-16-8-11-20(23)25-18(16)14-17/h7-9,11-12,14,19H,6,10,13H2,1-5H3/b15-12+/t19-/m1/s1. The first-order chi connectivity index (χ1) is 12.6. The van der Waals surface area contributed by atoms with Gasteiger partial charge in [-0.25, -0.2) is 4.79 Å². The molecule has 1 aromatic carbocycles. The maximum atomic E-state index is 11.3. The summed E-state index contributed by atoms with van der Waals surface area (Å²) in [7, 11) is 0. The summed E-state index contributed by atoms with van der Waals surface area (Å²) in [6.07, 6.45) is 3.96. The molecule has 0 unspecified atom stereocenters. The Bertz CT molecular complexity index is 891. The summed E-state index contributed by atoms with van der Waals surface area (Å²) in [5, 5.41) is 0.873. The number of fused-ring (bicyclic) bond motifs is 1. The molecule has 5 nitrogen and oxygen atoms in total. The van der Waals surface area contributed by atoms with E-state index >= 15 is 0 Å². The van der Waals surface area contributed by atoms with Gasteiger partial charge in [-0.2, -0.15) is 0 Å². The van der Waals surface area contributed by atoms with Gasteiger partial charge in [0.25, 0.3) is 0 Å². The Morgan fingerprint density at radius 2 is 1.93 bits per heavy atom. The number of hydrogen-bond donors (Lipinski definition) is 0. The first kappa shape index (κ1) is 19.6. The van der Waals surface area contributed by atoms with Gasteiger partial charge in [-0.05, 0) is 71.7 Å². The second-order valence-electron chi connectivity index (χ2n) is 8.07. The minimum absolute atomic E-state index is 0.0696. The van der Waals surface area contributed by atoms with E-state index in [1.54, 1.807) is 12.1 Å². The lowest BCUT2D eigenvalue weighted by atomic mass is 9.96. The van der Waals surface area contributed by atoms with Gasteiger partial charge >= 0.3 is 5.63 Å². The van der Waals surface area contributed by atoms with E-state index in [9.17, 15) is 4.79 Å². The third kappa shape index (κ3) is 4.99. The summed E-state index contributed by atoms with van der Waals surface area (Å²) < 4.78 is 22.9. The zero-order valence-electron chi connectivity index (χ0n) is 16.7. The molecular formula is C22H28O5. The quantitative estimate of drug-likeness (QED) is 0.537. The summed E-state index contributed by atoms with van der Waals surface area (Å²) in [5.41, 5.74) is 1.13. The van der Waals surface area contributed by atoms with Crippen LogP contribution in [0.1, 0.15) is 47.5 Å². The number of allylic oxidation sites excluding steroid dienone is 1. The van der Waals surface area contributed by atoms with Crippen LogP contribution in [0.25, 0.3) is 11.0 Å². The molecule has 2 aromatic rings. The van der Waals surface area contributed by atoms with Gasteiger partial charge in [-0.3, -0.25) is 0 Å². The Hall–Kier alpha value is -2.11. The highest BCUT2D eigenvalue weighted by molar-refractivity contribution is 5.77. The fourth-order valence-electron chi connectivity index (χ4n) is 3.49. The zero-order valence-corrected chi connectivity index (χ0v) is 16.7. The number of ether oxygens (including phenoxy) is 3. The van der Waals surface area contributed by atoms with Gasteiger partial charge in [-0.1, -0.05) is 5.57 Å². The van der Waals surface area contributed by atoms with Crippen LogP contribution >= 0.6 is 0 Å². The average Bonchev–Trinajstić information content (AvgIpc) is 2.79. The highest BCUT2D eigenvalue weighted by atomic mass is 16.8. The van der Waals surface area contributed by atoms with E-state index in [2.05, 4.69) is 26.8 Å². The van der Waals surface area contributed by atoms with Crippen molar-refractivity contribution in [3.05, 3.63) is 52.4 Å². The smallest absolute Gasteiger partial charge is 0.336 e. The van der Waals surface area contributed by atoms with E-state index in [1.807, 2.05) is 26.0 Å². The minimum Gasteiger partial charge on any atom is -0.489 e. The first-order valence-corrected chi connectivity index (χ1v) is 9.35. The average molecular weight is 372 g/mol. The van der Waals surface area contributed by atoms with Crippen molar-refractivity contribution in [2.45, 2.75) is 65.0 Å². The van der Waals surface area contributed by atoms with Gasteiger partial charge < -0.3 is 18.6 Å². The lowest BCUT2D eigenvalue weighted by Crippen LogP contribution is -2.33. The maximum Gasteiger partial charge on any atom is 0.336 e. The molecule has 1 aliphatic heterocycles. The van der Waals surface area contributed by atoms with Crippen molar-refractivity contribution in [1.29, 1.82) is 0 Å². The monoisotopic (exact) mass is 372 g/mol. The van der Waals surface area contributed by atoms with Crippen molar-refractivity contribution in [3.8, 4) is 5.75 Å². The van der Waals surface area contributed by atoms with Gasteiger partial charge in [0.2, 0.25) is 0 Å². The molecule has 1 aliphatic rings. The van der Waals surface area contributed by atoms with Crippen LogP contribution in [0.15, 0.2) is 51.2 Å². The third-order valence-corrected chi connectivity index (χ3v) is 4.79. The number of hydrogen-bond acceptors (Lipinski definition) is 5. The number of rotatable bonds is 6. The van der Waals surface area contributed by atoms with Crippen LogP contribution in [0.2, 0.25) is 0 Å². The summed E-state index contributed by atoms with van der Waals surface area (Å²) in [6, 6.07) is 8.66. The first-order valence-electron chi connectivity index (χ1n) is 9.35. The summed E-state index contributed by atoms with van der Waals surface area (Å²) in [4.78, 5) is 11.3. The van der Waals surface area contributed by atoms with Crippen LogP contribution < -0.4 is 10.4 Å². The molecule has 1 aromatic heterocycles. The fourth-order valence-corrected chi connectivity index (χ4v) is 3.49. The van der Waals surface area contributed by atoms with E-state index in [4.69, 9.17) is 18.6 Å². The predicted molar refractivity (Wildman–Crippen MR) is 105 cm³/mol. The lowest BCUT2D eigenvalue weighted by Gasteiger charge is -2.24. The molecule has 0 saturated carbocycles. The van der Waals surface area contributed by atoms with E-state index in [-0.39, 0.29) is 17.3 Å². The summed E-state index contributed by atoms with van der Waals surface area (Å²) in [6.45, 7) is 10.6. The molecule has 0 N–H and O–H groups in total. The van der Waals surface area contributed by atoms with Crippen molar-refractivity contribution in [2.24, 2.45) is 0 Å². The van der Waals surface area contributed by atoms with Crippen LogP contribution in [0.4, 0.5) is 0 Å². The Morgan fingerprint density at radius 1 is 1.19 bits per heavy atom. The van der Waals surface area contributed by atoms with Gasteiger partial charge in [0, 0.05) is 17.5 Å². The zero-order chi connectivity index (χ0) is 19.7. The van der Waals surface area contributed by atoms with Gasteiger partial charge in [0.05, 0.1) is 11.7 Å². The number of benzene rings is 1. The fraction of sp³-hybridized carbons (Fsp3) is 0.500. The van der Waals surface area contributed by atoms with Crippen molar-refractivity contribution >= 4 is 11.0 Å².